The van der Waals surface area contributed by atoms with Gasteiger partial charge >= 0.3 is 0 Å². The van der Waals surface area contributed by atoms with Gasteiger partial charge in [0.05, 0.1) is 19.8 Å². The Kier molecular flexibility index (Phi) is 4.71. The number of rotatable bonds is 4. The van der Waals surface area contributed by atoms with Crippen LogP contribution in [0, 0.1) is 0 Å². The molecule has 2 heterocycles. The van der Waals surface area contributed by atoms with Crippen molar-refractivity contribution >= 4 is 23.5 Å². The number of aromatic nitrogens is 2. The highest BCUT2D eigenvalue weighted by Crippen LogP contribution is 2.38. The van der Waals surface area contributed by atoms with E-state index in [2.05, 4.69) is 10.3 Å². The molecule has 1 aromatic heterocycles. The zero-order chi connectivity index (χ0) is 18.1. The van der Waals surface area contributed by atoms with Crippen molar-refractivity contribution in [1.29, 1.82) is 0 Å². The number of benzene rings is 1. The second-order valence-electron chi connectivity index (χ2n) is 5.64. The van der Waals surface area contributed by atoms with Gasteiger partial charge in [-0.15, -0.1) is 0 Å². The van der Waals surface area contributed by atoms with Gasteiger partial charge in [-0.25, -0.2) is 0 Å². The molecule has 1 atom stereocenters. The minimum Gasteiger partial charge on any atom is -0.493 e. The number of carbonyl (C=O) groups excluding carboxylic acids is 1. The van der Waals surface area contributed by atoms with Gasteiger partial charge in [-0.2, -0.15) is 4.98 Å². The van der Waals surface area contributed by atoms with Crippen LogP contribution in [0.5, 0.6) is 11.5 Å². The minimum absolute atomic E-state index is 0.138. The summed E-state index contributed by atoms with van der Waals surface area (Å²) in [5.41, 5.74) is 0.980. The fraction of sp³-hybridized carbons (Fsp3) is 0.353. The molecule has 8 heteroatoms. The monoisotopic (exact) mass is 361 g/mol. The summed E-state index contributed by atoms with van der Waals surface area (Å²) in [7, 11) is 4.90. The highest BCUT2D eigenvalue weighted by molar-refractivity contribution is 7.98. The average molecular weight is 361 g/mol. The lowest BCUT2D eigenvalue weighted by molar-refractivity contribution is -0.116. The molecule has 1 N–H and O–H groups in total. The smallest absolute Gasteiger partial charge is 0.279 e. The fourth-order valence-electron chi connectivity index (χ4n) is 3.07. The zero-order valence-corrected chi connectivity index (χ0v) is 15.3. The first-order valence-electron chi connectivity index (χ1n) is 7.66. The molecule has 0 unspecified atom stereocenters. The van der Waals surface area contributed by atoms with Crippen LogP contribution >= 0.6 is 11.8 Å². The Balaban J connectivity index is 2.19. The Bertz CT molecular complexity index is 894. The van der Waals surface area contributed by atoms with Crippen LogP contribution in [-0.2, 0) is 11.8 Å². The lowest BCUT2D eigenvalue weighted by atomic mass is 9.86. The number of hydrogen-bond donors (Lipinski definition) is 1. The molecule has 1 aliphatic rings. The maximum Gasteiger partial charge on any atom is 0.279 e. The van der Waals surface area contributed by atoms with Gasteiger partial charge in [0.1, 0.15) is 5.82 Å². The van der Waals surface area contributed by atoms with Gasteiger partial charge < -0.3 is 19.4 Å². The predicted octanol–water partition coefficient (Wildman–Crippen LogP) is 1.99. The Morgan fingerprint density at radius 3 is 2.60 bits per heavy atom. The number of methoxy groups -OCH3 is 2. The van der Waals surface area contributed by atoms with E-state index in [1.165, 1.54) is 11.8 Å². The Hall–Kier alpha value is -2.48. The van der Waals surface area contributed by atoms with E-state index in [1.54, 1.807) is 38.0 Å². The minimum atomic E-state index is -0.384. The molecule has 1 aliphatic heterocycles. The average Bonchev–Trinajstić information content (AvgIpc) is 2.63. The maximum absolute atomic E-state index is 12.6. The molecular weight excluding hydrogens is 342 g/mol. The number of carbonyl (C=O) groups is 1. The van der Waals surface area contributed by atoms with E-state index in [4.69, 9.17) is 9.47 Å². The summed E-state index contributed by atoms with van der Waals surface area (Å²) in [4.78, 5) is 29.0. The second kappa shape index (κ2) is 6.79. The van der Waals surface area contributed by atoms with E-state index >= 15 is 0 Å². The summed E-state index contributed by atoms with van der Waals surface area (Å²) in [5, 5.41) is 3.36. The first-order valence-corrected chi connectivity index (χ1v) is 8.89. The van der Waals surface area contributed by atoms with Crippen LogP contribution in [0.25, 0.3) is 0 Å². The first kappa shape index (κ1) is 17.3. The predicted molar refractivity (Wildman–Crippen MR) is 95.9 cm³/mol. The summed E-state index contributed by atoms with van der Waals surface area (Å²) in [5.74, 6) is 1.13. The van der Waals surface area contributed by atoms with Gasteiger partial charge in [-0.3, -0.25) is 9.59 Å². The second-order valence-corrected chi connectivity index (χ2v) is 6.42. The van der Waals surface area contributed by atoms with E-state index in [0.29, 0.717) is 28.0 Å². The van der Waals surface area contributed by atoms with E-state index in [0.717, 1.165) is 5.56 Å². The van der Waals surface area contributed by atoms with Crippen LogP contribution in [0.15, 0.2) is 28.2 Å². The third-order valence-corrected chi connectivity index (χ3v) is 5.02. The van der Waals surface area contributed by atoms with E-state index in [9.17, 15) is 9.59 Å². The van der Waals surface area contributed by atoms with Crippen molar-refractivity contribution in [2.75, 3.05) is 25.8 Å². The number of anilines is 1. The van der Waals surface area contributed by atoms with E-state index in [-0.39, 0.29) is 23.8 Å². The van der Waals surface area contributed by atoms with Gasteiger partial charge in [-0.1, -0.05) is 17.8 Å². The number of hydrogen-bond acceptors (Lipinski definition) is 6. The van der Waals surface area contributed by atoms with Gasteiger partial charge in [-0.05, 0) is 24.0 Å². The lowest BCUT2D eigenvalue weighted by Gasteiger charge is -2.27. The number of nitrogens with one attached hydrogen (secondary N) is 1. The van der Waals surface area contributed by atoms with E-state index in [1.807, 2.05) is 12.3 Å². The molecule has 2 aromatic rings. The van der Waals surface area contributed by atoms with Crippen molar-refractivity contribution in [3.05, 3.63) is 39.7 Å². The third-order valence-electron chi connectivity index (χ3n) is 4.29. The summed E-state index contributed by atoms with van der Waals surface area (Å²) < 4.78 is 12.3. The van der Waals surface area contributed by atoms with Crippen molar-refractivity contribution in [2.24, 2.45) is 7.05 Å². The van der Waals surface area contributed by atoms with Gasteiger partial charge in [0, 0.05) is 19.4 Å². The number of amides is 1. The largest absolute Gasteiger partial charge is 0.493 e. The molecule has 3 rings (SSSR count). The van der Waals surface area contributed by atoms with Crippen LogP contribution in [-0.4, -0.2) is 35.9 Å². The third kappa shape index (κ3) is 2.97. The van der Waals surface area contributed by atoms with Crippen LogP contribution in [0.1, 0.15) is 23.5 Å². The lowest BCUT2D eigenvalue weighted by Crippen LogP contribution is -2.33. The standard InChI is InChI=1S/C17H19N3O4S/c1-20-15-14(16(22)19-17(20)25-4)10(8-13(21)18-15)9-5-6-11(23-2)12(7-9)24-3/h5-7,10H,8H2,1-4H3,(H,18,21)/t10-/m0/s1. The van der Waals surface area contributed by atoms with Gasteiger partial charge in [0.2, 0.25) is 5.91 Å². The zero-order valence-electron chi connectivity index (χ0n) is 14.5. The molecule has 1 aromatic carbocycles. The fourth-order valence-corrected chi connectivity index (χ4v) is 3.61. The van der Waals surface area contributed by atoms with Crippen molar-refractivity contribution < 1.29 is 14.3 Å². The van der Waals surface area contributed by atoms with Crippen molar-refractivity contribution in [2.45, 2.75) is 17.5 Å². The van der Waals surface area contributed by atoms with E-state index < -0.39 is 0 Å². The van der Waals surface area contributed by atoms with Gasteiger partial charge in [0.25, 0.3) is 5.56 Å². The molecule has 7 nitrogen and oxygen atoms in total. The molecule has 0 aliphatic carbocycles. The SMILES string of the molecule is COc1ccc([C@@H]2CC(=O)Nc3c2c(=O)nc(SC)n3C)cc1OC. The number of nitrogens with zero attached hydrogens (tertiary/aromatic N) is 2. The quantitative estimate of drug-likeness (QED) is 0.662. The maximum atomic E-state index is 12.6. The molecule has 0 saturated heterocycles. The van der Waals surface area contributed by atoms with Crippen LogP contribution < -0.4 is 20.3 Å². The Morgan fingerprint density at radius 1 is 1.24 bits per heavy atom. The molecule has 0 fully saturated rings. The normalized spacial score (nSPS) is 16.2. The van der Waals surface area contributed by atoms with Gasteiger partial charge in [0.15, 0.2) is 16.7 Å². The van der Waals surface area contributed by atoms with Crippen LogP contribution in [0.2, 0.25) is 0 Å². The molecule has 132 valence electrons. The molecule has 1 amide bonds. The van der Waals surface area contributed by atoms with Crippen LogP contribution in [0.4, 0.5) is 5.82 Å². The van der Waals surface area contributed by atoms with Crippen molar-refractivity contribution in [3.63, 3.8) is 0 Å². The highest BCUT2D eigenvalue weighted by atomic mass is 32.2. The highest BCUT2D eigenvalue weighted by Gasteiger charge is 2.32. The summed E-state index contributed by atoms with van der Waals surface area (Å²) >= 11 is 1.36. The summed E-state index contributed by atoms with van der Waals surface area (Å²) in [6.07, 6.45) is 2.02. The Labute approximate surface area is 149 Å². The summed E-state index contributed by atoms with van der Waals surface area (Å²) in [6.45, 7) is 0. The molecule has 0 radical (unpaired) electrons. The molecular formula is C17H19N3O4S. The number of fused-ring (bicyclic) bond motifs is 1. The summed E-state index contributed by atoms with van der Waals surface area (Å²) in [6, 6.07) is 5.42. The molecule has 0 bridgehead atoms. The molecule has 0 spiro atoms. The van der Waals surface area contributed by atoms with Crippen LogP contribution in [0.3, 0.4) is 0 Å². The van der Waals surface area contributed by atoms with Crippen molar-refractivity contribution in [3.8, 4) is 11.5 Å². The van der Waals surface area contributed by atoms with Crippen molar-refractivity contribution in [1.82, 2.24) is 9.55 Å². The topological polar surface area (TPSA) is 82.5 Å². The molecule has 25 heavy (non-hydrogen) atoms. The molecule has 0 saturated carbocycles. The Morgan fingerprint density at radius 2 is 1.96 bits per heavy atom. The first-order chi connectivity index (χ1) is 12.0. The number of thioether (sulfide) groups is 1. The number of ether oxygens (including phenoxy) is 2.